The number of benzene rings is 1. The zero-order valence-electron chi connectivity index (χ0n) is 12.3. The van der Waals surface area contributed by atoms with Gasteiger partial charge < -0.3 is 4.57 Å². The second kappa shape index (κ2) is 4.96. The number of nitrogens with zero attached hydrogens (tertiary/aromatic N) is 2. The van der Waals surface area contributed by atoms with Gasteiger partial charge in [-0.25, -0.2) is 9.37 Å². The summed E-state index contributed by atoms with van der Waals surface area (Å²) in [7, 11) is 0. The van der Waals surface area contributed by atoms with Crippen molar-refractivity contribution < 1.29 is 21.7 Å². The minimum atomic E-state index is -4.82. The Balaban J connectivity index is 2.66. The van der Waals surface area contributed by atoms with Gasteiger partial charge in [0.25, 0.3) is 0 Å². The summed E-state index contributed by atoms with van der Waals surface area (Å²) >= 11 is 3.12. The lowest BCUT2D eigenvalue weighted by atomic mass is 10.1. The van der Waals surface area contributed by atoms with Crippen LogP contribution in [0.2, 0.25) is 0 Å². The van der Waals surface area contributed by atoms with Crippen LogP contribution in [0, 0.1) is 5.82 Å². The highest BCUT2D eigenvalue weighted by Crippen LogP contribution is 2.31. The van der Waals surface area contributed by atoms with Crippen LogP contribution in [0.3, 0.4) is 0 Å². The second-order valence-electron chi connectivity index (χ2n) is 3.77. The molecular weight excluding hydrogens is 328 g/mol. The van der Waals surface area contributed by atoms with Crippen molar-refractivity contribution in [3.8, 4) is 11.4 Å². The van der Waals surface area contributed by atoms with Gasteiger partial charge in [0.15, 0.2) is 5.69 Å². The summed E-state index contributed by atoms with van der Waals surface area (Å²) in [5, 5.41) is 0.353. The zero-order valence-corrected chi connectivity index (χ0v) is 10.9. The molecule has 0 saturated heterocycles. The van der Waals surface area contributed by atoms with E-state index in [-0.39, 0.29) is 5.56 Å². The number of imidazole rings is 1. The van der Waals surface area contributed by atoms with Crippen LogP contribution in [0.1, 0.15) is 15.4 Å². The molecule has 1 heterocycles. The van der Waals surface area contributed by atoms with E-state index in [9.17, 15) is 17.6 Å². The molecule has 7 heteroatoms. The van der Waals surface area contributed by atoms with Gasteiger partial charge in [0.05, 0.1) is 5.56 Å². The third kappa shape index (κ3) is 2.80. The largest absolute Gasteiger partial charge is 0.434 e. The minimum absolute atomic E-state index is 0.309. The van der Waals surface area contributed by atoms with Gasteiger partial charge in [0, 0.05) is 22.6 Å². The summed E-state index contributed by atoms with van der Waals surface area (Å²) in [6, 6.07) is 3.78. The first-order chi connectivity index (χ1) is 10.0. The molecule has 0 aliphatic carbocycles. The van der Waals surface area contributed by atoms with Gasteiger partial charge in [-0.3, -0.25) is 0 Å². The van der Waals surface area contributed by atoms with E-state index >= 15 is 0 Å². The zero-order chi connectivity index (χ0) is 16.7. The highest BCUT2D eigenvalue weighted by molar-refractivity contribution is 9.08. The van der Waals surface area contributed by atoms with Crippen molar-refractivity contribution >= 4 is 15.9 Å². The van der Waals surface area contributed by atoms with Crippen molar-refractivity contribution in [3.05, 3.63) is 41.5 Å². The number of hydrogen-bond donors (Lipinski definition) is 0. The number of hydrogen-bond acceptors (Lipinski definition) is 1. The molecule has 0 bridgehead atoms. The minimum Gasteiger partial charge on any atom is -0.333 e. The summed E-state index contributed by atoms with van der Waals surface area (Å²) in [6.45, 7) is -2.91. The molecule has 0 aliphatic heterocycles. The topological polar surface area (TPSA) is 17.8 Å². The average molecular weight is 340 g/mol. The van der Waals surface area contributed by atoms with Crippen molar-refractivity contribution in [1.29, 1.82) is 0 Å². The van der Waals surface area contributed by atoms with Crippen molar-refractivity contribution in [2.45, 2.75) is 11.5 Å². The summed E-state index contributed by atoms with van der Waals surface area (Å²) in [5.74, 6) is -1.44. The Morgan fingerprint density at radius 3 is 2.68 bits per heavy atom. The summed E-state index contributed by atoms with van der Waals surface area (Å²) < 4.78 is 74.5. The van der Waals surface area contributed by atoms with E-state index in [4.69, 9.17) is 4.11 Å². The highest BCUT2D eigenvalue weighted by Gasteiger charge is 2.34. The maximum absolute atomic E-state index is 14.1. The Bertz CT molecular complexity index is 695. The van der Waals surface area contributed by atoms with E-state index in [1.165, 1.54) is 12.1 Å². The van der Waals surface area contributed by atoms with Crippen molar-refractivity contribution in [2.75, 3.05) is 0 Å². The van der Waals surface area contributed by atoms with Crippen LogP contribution in [-0.4, -0.2) is 9.55 Å². The fourth-order valence-corrected chi connectivity index (χ4v) is 1.88. The fraction of sp³-hybridized carbons (Fsp3) is 0.250. The molecule has 2 nitrogen and oxygen atoms in total. The lowest BCUT2D eigenvalue weighted by Gasteiger charge is -2.04. The van der Waals surface area contributed by atoms with E-state index in [1.54, 1.807) is 0 Å². The molecule has 0 amide bonds. The van der Waals surface area contributed by atoms with E-state index in [2.05, 4.69) is 20.9 Å². The lowest BCUT2D eigenvalue weighted by molar-refractivity contribution is -0.140. The van der Waals surface area contributed by atoms with E-state index in [0.29, 0.717) is 21.7 Å². The SMILES string of the molecule is [2H]C([2H])([2H])n1cc(C(F)(F)F)nc1-c1ccc(CBr)cc1F. The third-order valence-electron chi connectivity index (χ3n) is 2.43. The van der Waals surface area contributed by atoms with Crippen LogP contribution in [0.15, 0.2) is 24.4 Å². The first-order valence-corrected chi connectivity index (χ1v) is 6.18. The molecule has 0 radical (unpaired) electrons. The van der Waals surface area contributed by atoms with Crippen molar-refractivity contribution in [2.24, 2.45) is 6.98 Å². The van der Waals surface area contributed by atoms with Crippen LogP contribution >= 0.6 is 15.9 Å². The van der Waals surface area contributed by atoms with Gasteiger partial charge in [-0.05, 0) is 17.7 Å². The van der Waals surface area contributed by atoms with Crippen LogP contribution in [0.5, 0.6) is 0 Å². The van der Waals surface area contributed by atoms with Crippen LogP contribution in [0.25, 0.3) is 11.4 Å². The monoisotopic (exact) mass is 339 g/mol. The van der Waals surface area contributed by atoms with Crippen LogP contribution in [-0.2, 0) is 18.5 Å². The second-order valence-corrected chi connectivity index (χ2v) is 4.33. The lowest BCUT2D eigenvalue weighted by Crippen LogP contribution is -2.05. The molecule has 2 aromatic rings. The van der Waals surface area contributed by atoms with Crippen molar-refractivity contribution in [1.82, 2.24) is 9.55 Å². The number of aryl methyl sites for hydroxylation is 1. The Morgan fingerprint density at radius 2 is 2.16 bits per heavy atom. The molecule has 0 atom stereocenters. The number of alkyl halides is 4. The van der Waals surface area contributed by atoms with E-state index < -0.39 is 30.5 Å². The molecule has 1 aromatic carbocycles. The summed E-state index contributed by atoms with van der Waals surface area (Å²) in [4.78, 5) is 3.26. The normalized spacial score (nSPS) is 14.9. The average Bonchev–Trinajstić information content (AvgIpc) is 2.83. The Hall–Kier alpha value is -1.37. The van der Waals surface area contributed by atoms with Crippen molar-refractivity contribution in [3.63, 3.8) is 0 Å². The predicted molar refractivity (Wildman–Crippen MR) is 66.2 cm³/mol. The van der Waals surface area contributed by atoms with Gasteiger partial charge in [0.1, 0.15) is 11.6 Å². The molecule has 0 unspecified atom stereocenters. The molecule has 0 fully saturated rings. The Kier molecular flexibility index (Phi) is 2.72. The summed E-state index contributed by atoms with van der Waals surface area (Å²) in [5.41, 5.74) is -1.14. The van der Waals surface area contributed by atoms with E-state index in [1.807, 2.05) is 0 Å². The number of rotatable bonds is 2. The molecule has 2 rings (SSSR count). The van der Waals surface area contributed by atoms with E-state index in [0.717, 1.165) is 6.07 Å². The standard InChI is InChI=1S/C12H9BrF4N2/c1-19-6-10(12(15,16)17)18-11(19)8-3-2-7(5-13)4-9(8)14/h2-4,6H,5H2,1H3/i1D3. The predicted octanol–water partition coefficient (Wildman–Crippen LogP) is 4.14. The third-order valence-corrected chi connectivity index (χ3v) is 3.07. The maximum Gasteiger partial charge on any atom is 0.434 e. The Morgan fingerprint density at radius 1 is 1.42 bits per heavy atom. The number of aromatic nitrogens is 2. The van der Waals surface area contributed by atoms with Gasteiger partial charge >= 0.3 is 6.18 Å². The highest BCUT2D eigenvalue weighted by atomic mass is 79.9. The fourth-order valence-electron chi connectivity index (χ4n) is 1.53. The van der Waals surface area contributed by atoms with Gasteiger partial charge in [-0.1, -0.05) is 22.0 Å². The first-order valence-electron chi connectivity index (χ1n) is 6.56. The molecule has 0 aliphatic rings. The number of halogens is 5. The molecule has 102 valence electrons. The van der Waals surface area contributed by atoms with Crippen LogP contribution in [0.4, 0.5) is 17.6 Å². The van der Waals surface area contributed by atoms with Gasteiger partial charge in [0.2, 0.25) is 0 Å². The molecule has 19 heavy (non-hydrogen) atoms. The Labute approximate surface area is 119 Å². The first kappa shape index (κ1) is 10.4. The van der Waals surface area contributed by atoms with Crippen LogP contribution < -0.4 is 0 Å². The summed E-state index contributed by atoms with van der Waals surface area (Å²) in [6.07, 6.45) is -4.46. The quantitative estimate of drug-likeness (QED) is 0.594. The maximum atomic E-state index is 14.1. The van der Waals surface area contributed by atoms with Gasteiger partial charge in [-0.15, -0.1) is 0 Å². The molecule has 0 N–H and O–H groups in total. The molecular formula is C12H9BrF4N2. The molecule has 0 saturated carbocycles. The smallest absolute Gasteiger partial charge is 0.333 e. The van der Waals surface area contributed by atoms with Gasteiger partial charge in [-0.2, -0.15) is 13.2 Å². The molecule has 0 spiro atoms. The molecule has 1 aromatic heterocycles.